The van der Waals surface area contributed by atoms with Crippen molar-refractivity contribution in [2.24, 2.45) is 0 Å². The van der Waals surface area contributed by atoms with Crippen molar-refractivity contribution in [3.05, 3.63) is 52.9 Å². The molecule has 4 rings (SSSR count). The van der Waals surface area contributed by atoms with Crippen molar-refractivity contribution in [3.63, 3.8) is 0 Å². The second kappa shape index (κ2) is 6.57. The maximum absolute atomic E-state index is 12.9. The lowest BCUT2D eigenvalue weighted by atomic mass is 10.1. The molecule has 1 amide bonds. The molecule has 0 saturated carbocycles. The van der Waals surface area contributed by atoms with Crippen LogP contribution in [-0.4, -0.2) is 35.4 Å². The molecule has 3 aromatic rings. The van der Waals surface area contributed by atoms with Gasteiger partial charge >= 0.3 is 0 Å². The SMILES string of the molecule is CCn1ccc(-c2nnc3n2[C@@H](C)C(=O)N(Cc2ccccc2Cl)C3)n1. The van der Waals surface area contributed by atoms with Crippen molar-refractivity contribution >= 4 is 17.5 Å². The maximum atomic E-state index is 12.9. The number of hydrogen-bond donors (Lipinski definition) is 0. The summed E-state index contributed by atoms with van der Waals surface area (Å²) in [5.74, 6) is 1.41. The summed E-state index contributed by atoms with van der Waals surface area (Å²) in [6.45, 7) is 5.52. The fraction of sp³-hybridized carbons (Fsp3) is 0.333. The van der Waals surface area contributed by atoms with E-state index in [9.17, 15) is 4.79 Å². The summed E-state index contributed by atoms with van der Waals surface area (Å²) in [6, 6.07) is 9.07. The molecule has 7 nitrogen and oxygen atoms in total. The van der Waals surface area contributed by atoms with Crippen LogP contribution in [0.4, 0.5) is 0 Å². The molecule has 0 aliphatic carbocycles. The quantitative estimate of drug-likeness (QED) is 0.708. The molecule has 0 bridgehead atoms. The highest BCUT2D eigenvalue weighted by molar-refractivity contribution is 6.31. The van der Waals surface area contributed by atoms with Crippen LogP contribution < -0.4 is 0 Å². The molecule has 1 aliphatic rings. The highest BCUT2D eigenvalue weighted by Gasteiger charge is 2.34. The summed E-state index contributed by atoms with van der Waals surface area (Å²) in [4.78, 5) is 14.7. The van der Waals surface area contributed by atoms with E-state index in [0.717, 1.165) is 23.6 Å². The third-order valence-corrected chi connectivity index (χ3v) is 5.04. The number of amides is 1. The highest BCUT2D eigenvalue weighted by atomic mass is 35.5. The van der Waals surface area contributed by atoms with Gasteiger partial charge in [0.05, 0.1) is 6.54 Å². The lowest BCUT2D eigenvalue weighted by Crippen LogP contribution is -2.41. The van der Waals surface area contributed by atoms with Gasteiger partial charge in [-0.05, 0) is 31.5 Å². The van der Waals surface area contributed by atoms with Crippen molar-refractivity contribution in [2.75, 3.05) is 0 Å². The number of halogens is 1. The van der Waals surface area contributed by atoms with Gasteiger partial charge < -0.3 is 4.90 Å². The van der Waals surface area contributed by atoms with Crippen molar-refractivity contribution in [2.45, 2.75) is 39.5 Å². The molecular weight excluding hydrogens is 352 g/mol. The zero-order valence-corrected chi connectivity index (χ0v) is 15.4. The lowest BCUT2D eigenvalue weighted by molar-refractivity contribution is -0.137. The molecule has 8 heteroatoms. The van der Waals surface area contributed by atoms with Gasteiger partial charge in [0.1, 0.15) is 11.7 Å². The number of hydrogen-bond acceptors (Lipinski definition) is 4. The van der Waals surface area contributed by atoms with Crippen LogP contribution >= 0.6 is 11.6 Å². The van der Waals surface area contributed by atoms with Gasteiger partial charge in [-0.15, -0.1) is 10.2 Å². The van der Waals surface area contributed by atoms with E-state index in [2.05, 4.69) is 15.3 Å². The molecule has 0 N–H and O–H groups in total. The molecule has 2 aromatic heterocycles. The summed E-state index contributed by atoms with van der Waals surface area (Å²) in [5.41, 5.74) is 1.65. The van der Waals surface area contributed by atoms with Gasteiger partial charge in [-0.1, -0.05) is 29.8 Å². The van der Waals surface area contributed by atoms with Crippen LogP contribution in [-0.2, 0) is 24.4 Å². The number of carbonyl (C=O) groups excluding carboxylic acids is 1. The van der Waals surface area contributed by atoms with Crippen molar-refractivity contribution in [1.82, 2.24) is 29.4 Å². The molecule has 0 fully saturated rings. The second-order valence-electron chi connectivity index (χ2n) is 6.33. The third-order valence-electron chi connectivity index (χ3n) is 4.67. The average molecular weight is 371 g/mol. The summed E-state index contributed by atoms with van der Waals surface area (Å²) in [5, 5.41) is 13.7. The van der Waals surface area contributed by atoms with Gasteiger partial charge in [0.25, 0.3) is 0 Å². The number of fused-ring (bicyclic) bond motifs is 1. The topological polar surface area (TPSA) is 68.8 Å². The van der Waals surface area contributed by atoms with E-state index in [4.69, 9.17) is 11.6 Å². The summed E-state index contributed by atoms with van der Waals surface area (Å²) in [7, 11) is 0. The molecular formula is C18H19ClN6O. The Morgan fingerprint density at radius 2 is 2.04 bits per heavy atom. The molecule has 0 saturated heterocycles. The Morgan fingerprint density at radius 3 is 2.77 bits per heavy atom. The van der Waals surface area contributed by atoms with Gasteiger partial charge in [-0.25, -0.2) is 0 Å². The monoisotopic (exact) mass is 370 g/mol. The Hall–Kier alpha value is -2.67. The number of aryl methyl sites for hydroxylation is 1. The molecule has 3 heterocycles. The smallest absolute Gasteiger partial charge is 0.246 e. The lowest BCUT2D eigenvalue weighted by Gasteiger charge is -2.32. The van der Waals surface area contributed by atoms with Crippen LogP contribution in [0, 0.1) is 0 Å². The predicted octanol–water partition coefficient (Wildman–Crippen LogP) is 2.92. The first-order valence-corrected chi connectivity index (χ1v) is 8.96. The minimum atomic E-state index is -0.391. The molecule has 1 atom stereocenters. The minimum absolute atomic E-state index is 0.0217. The van der Waals surface area contributed by atoms with Crippen molar-refractivity contribution in [1.29, 1.82) is 0 Å². The molecule has 1 aliphatic heterocycles. The van der Waals surface area contributed by atoms with Crippen molar-refractivity contribution < 1.29 is 4.79 Å². The van der Waals surface area contributed by atoms with Crippen LogP contribution in [0.3, 0.4) is 0 Å². The van der Waals surface area contributed by atoms with Crippen LogP contribution in [0.25, 0.3) is 11.5 Å². The number of aromatic nitrogens is 5. The van der Waals surface area contributed by atoms with E-state index in [0.29, 0.717) is 23.9 Å². The largest absolute Gasteiger partial charge is 0.329 e. The van der Waals surface area contributed by atoms with Crippen LogP contribution in [0.5, 0.6) is 0 Å². The minimum Gasteiger partial charge on any atom is -0.329 e. The van der Waals surface area contributed by atoms with Crippen molar-refractivity contribution in [3.8, 4) is 11.5 Å². The second-order valence-corrected chi connectivity index (χ2v) is 6.74. The number of rotatable bonds is 4. The molecule has 0 radical (unpaired) electrons. The first-order chi connectivity index (χ1) is 12.6. The first kappa shape index (κ1) is 16.8. The molecule has 0 unspecified atom stereocenters. The summed E-state index contributed by atoms with van der Waals surface area (Å²) < 4.78 is 3.71. The normalized spacial score (nSPS) is 16.8. The maximum Gasteiger partial charge on any atom is 0.246 e. The number of carbonyl (C=O) groups is 1. The summed E-state index contributed by atoms with van der Waals surface area (Å²) in [6.07, 6.45) is 1.90. The fourth-order valence-electron chi connectivity index (χ4n) is 3.26. The third kappa shape index (κ3) is 2.78. The molecule has 1 aromatic carbocycles. The van der Waals surface area contributed by atoms with E-state index < -0.39 is 6.04 Å². The molecule has 0 spiro atoms. The Kier molecular flexibility index (Phi) is 4.24. The zero-order chi connectivity index (χ0) is 18.3. The number of benzene rings is 1. The van der Waals surface area contributed by atoms with Gasteiger partial charge in [-0.2, -0.15) is 5.10 Å². The Balaban J connectivity index is 1.65. The predicted molar refractivity (Wildman–Crippen MR) is 97.3 cm³/mol. The Labute approximate surface area is 156 Å². The van der Waals surface area contributed by atoms with Crippen LogP contribution in [0.2, 0.25) is 5.02 Å². The van der Waals surface area contributed by atoms with Gasteiger partial charge in [-0.3, -0.25) is 14.0 Å². The summed E-state index contributed by atoms with van der Waals surface area (Å²) >= 11 is 6.25. The molecule has 26 heavy (non-hydrogen) atoms. The zero-order valence-electron chi connectivity index (χ0n) is 14.6. The van der Waals surface area contributed by atoms with Gasteiger partial charge in [0, 0.05) is 24.3 Å². The standard InChI is InChI=1S/C18H19ClN6O/c1-3-24-9-8-15(22-24)17-21-20-16-11-23(18(26)12(2)25(16)17)10-13-6-4-5-7-14(13)19/h4-9,12H,3,10-11H2,1-2H3/t12-/m0/s1. The molecule has 134 valence electrons. The van der Waals surface area contributed by atoms with Crippen LogP contribution in [0.1, 0.15) is 31.3 Å². The van der Waals surface area contributed by atoms with Gasteiger partial charge in [0.15, 0.2) is 11.6 Å². The number of nitrogens with zero attached hydrogens (tertiary/aromatic N) is 6. The van der Waals surface area contributed by atoms with E-state index in [1.807, 2.05) is 59.6 Å². The van der Waals surface area contributed by atoms with E-state index in [1.165, 1.54) is 0 Å². The highest BCUT2D eigenvalue weighted by Crippen LogP contribution is 2.29. The fourth-order valence-corrected chi connectivity index (χ4v) is 3.46. The van der Waals surface area contributed by atoms with E-state index in [1.54, 1.807) is 4.90 Å². The van der Waals surface area contributed by atoms with E-state index in [-0.39, 0.29) is 5.91 Å². The first-order valence-electron chi connectivity index (χ1n) is 8.58. The van der Waals surface area contributed by atoms with Crippen LogP contribution in [0.15, 0.2) is 36.5 Å². The van der Waals surface area contributed by atoms with Gasteiger partial charge in [0.2, 0.25) is 5.91 Å². The average Bonchev–Trinajstić information content (AvgIpc) is 3.27. The van der Waals surface area contributed by atoms with E-state index >= 15 is 0 Å². The Bertz CT molecular complexity index is 962. The Morgan fingerprint density at radius 1 is 1.23 bits per heavy atom.